The Morgan fingerprint density at radius 3 is 2.58 bits per heavy atom. The van der Waals surface area contributed by atoms with Crippen molar-refractivity contribution in [2.45, 2.75) is 31.4 Å². The number of methoxy groups -OCH3 is 1. The molecule has 1 aliphatic heterocycles. The van der Waals surface area contributed by atoms with Crippen molar-refractivity contribution in [1.29, 1.82) is 0 Å². The first-order valence-electron chi connectivity index (χ1n) is 11.2. The molecule has 1 fully saturated rings. The number of morpholine rings is 1. The largest absolute Gasteiger partial charge is 0.496 e. The first-order chi connectivity index (χ1) is 15.9. The molecule has 0 radical (unpaired) electrons. The third-order valence-corrected chi connectivity index (χ3v) is 7.77. The molecule has 0 aromatic heterocycles. The Morgan fingerprint density at radius 2 is 1.91 bits per heavy atom. The third-order valence-electron chi connectivity index (χ3n) is 5.72. The number of hydrogen-bond acceptors (Lipinski definition) is 6. The van der Waals surface area contributed by atoms with Crippen LogP contribution in [0.3, 0.4) is 0 Å². The monoisotopic (exact) mass is 475 g/mol. The minimum atomic E-state index is -3.69. The maximum atomic E-state index is 13.0. The van der Waals surface area contributed by atoms with E-state index in [0.717, 1.165) is 13.1 Å². The average Bonchev–Trinajstić information content (AvgIpc) is 2.83. The second kappa shape index (κ2) is 11.6. The number of nitrogens with zero attached hydrogens (tertiary/aromatic N) is 2. The fraction of sp³-hybridized carbons (Fsp3) is 0.458. The van der Waals surface area contributed by atoms with Crippen molar-refractivity contribution in [2.75, 3.05) is 46.4 Å². The lowest BCUT2D eigenvalue weighted by Crippen LogP contribution is -2.47. The van der Waals surface area contributed by atoms with Crippen molar-refractivity contribution in [3.05, 3.63) is 59.7 Å². The van der Waals surface area contributed by atoms with E-state index in [4.69, 9.17) is 9.47 Å². The lowest BCUT2D eigenvalue weighted by Gasteiger charge is -2.33. The van der Waals surface area contributed by atoms with Gasteiger partial charge in [0.15, 0.2) is 0 Å². The van der Waals surface area contributed by atoms with E-state index in [9.17, 15) is 13.2 Å². The second-order valence-electron chi connectivity index (χ2n) is 7.87. The van der Waals surface area contributed by atoms with E-state index in [-0.39, 0.29) is 16.6 Å². The number of hydrogen-bond donors (Lipinski definition) is 1. The van der Waals surface area contributed by atoms with E-state index < -0.39 is 15.9 Å². The summed E-state index contributed by atoms with van der Waals surface area (Å²) in [5, 5.41) is 2.88. The van der Waals surface area contributed by atoms with Crippen molar-refractivity contribution in [1.82, 2.24) is 14.5 Å². The fourth-order valence-corrected chi connectivity index (χ4v) is 5.41. The molecule has 180 valence electrons. The molecule has 33 heavy (non-hydrogen) atoms. The standard InChI is InChI=1S/C24H33N3O5S/c1-4-27(5-2)33(29,30)21-11-12-23(31-3)22(15-21)24(28)25-16-20-18-26(13-14-32-20)17-19-9-7-6-8-10-19/h6-12,15,20H,4-5,13-14,16-18H2,1-3H3,(H,25,28). The van der Waals surface area contributed by atoms with Gasteiger partial charge in [-0.1, -0.05) is 44.2 Å². The minimum Gasteiger partial charge on any atom is -0.496 e. The van der Waals surface area contributed by atoms with Gasteiger partial charge in [0, 0.05) is 39.3 Å². The smallest absolute Gasteiger partial charge is 0.255 e. The van der Waals surface area contributed by atoms with Crippen molar-refractivity contribution < 1.29 is 22.7 Å². The number of ether oxygens (including phenoxy) is 2. The molecule has 0 saturated carbocycles. The molecule has 1 N–H and O–H groups in total. The predicted octanol–water partition coefficient (Wildman–Crippen LogP) is 2.36. The van der Waals surface area contributed by atoms with E-state index in [1.165, 1.54) is 35.2 Å². The Labute approximate surface area is 196 Å². The second-order valence-corrected chi connectivity index (χ2v) is 9.81. The maximum absolute atomic E-state index is 13.0. The summed E-state index contributed by atoms with van der Waals surface area (Å²) in [6.45, 7) is 7.53. The van der Waals surface area contributed by atoms with Crippen LogP contribution in [0.1, 0.15) is 29.8 Å². The van der Waals surface area contributed by atoms with Gasteiger partial charge in [0.1, 0.15) is 5.75 Å². The molecule has 0 aliphatic carbocycles. The predicted molar refractivity (Wildman–Crippen MR) is 127 cm³/mol. The van der Waals surface area contributed by atoms with Gasteiger partial charge < -0.3 is 14.8 Å². The number of nitrogens with one attached hydrogen (secondary N) is 1. The highest BCUT2D eigenvalue weighted by atomic mass is 32.2. The number of rotatable bonds is 10. The zero-order valence-corrected chi connectivity index (χ0v) is 20.3. The van der Waals surface area contributed by atoms with E-state index >= 15 is 0 Å². The Bertz CT molecular complexity index is 1030. The maximum Gasteiger partial charge on any atom is 0.255 e. The van der Waals surface area contributed by atoms with Gasteiger partial charge in [0.05, 0.1) is 30.3 Å². The number of benzene rings is 2. The highest BCUT2D eigenvalue weighted by Gasteiger charge is 2.26. The van der Waals surface area contributed by atoms with Crippen LogP contribution in [-0.2, 0) is 21.3 Å². The van der Waals surface area contributed by atoms with Crippen LogP contribution in [0.25, 0.3) is 0 Å². The summed E-state index contributed by atoms with van der Waals surface area (Å²) < 4.78 is 38.3. The van der Waals surface area contributed by atoms with Gasteiger partial charge in [0.25, 0.3) is 5.91 Å². The highest BCUT2D eigenvalue weighted by Crippen LogP contribution is 2.24. The summed E-state index contributed by atoms with van der Waals surface area (Å²) in [7, 11) is -2.23. The highest BCUT2D eigenvalue weighted by molar-refractivity contribution is 7.89. The van der Waals surface area contributed by atoms with E-state index in [1.807, 2.05) is 18.2 Å². The van der Waals surface area contributed by atoms with E-state index in [0.29, 0.717) is 38.5 Å². The lowest BCUT2D eigenvalue weighted by molar-refractivity contribution is -0.0292. The van der Waals surface area contributed by atoms with Crippen LogP contribution in [0, 0.1) is 0 Å². The van der Waals surface area contributed by atoms with Gasteiger partial charge in [0.2, 0.25) is 10.0 Å². The molecular weight excluding hydrogens is 442 g/mol. The normalized spacial score (nSPS) is 17.2. The first kappa shape index (κ1) is 25.2. The summed E-state index contributed by atoms with van der Waals surface area (Å²) in [5.41, 5.74) is 1.42. The van der Waals surface area contributed by atoms with Crippen molar-refractivity contribution >= 4 is 15.9 Å². The van der Waals surface area contributed by atoms with Crippen LogP contribution in [-0.4, -0.2) is 76.1 Å². The minimum absolute atomic E-state index is 0.0695. The first-order valence-corrected chi connectivity index (χ1v) is 12.7. The van der Waals surface area contributed by atoms with Crippen LogP contribution in [0.15, 0.2) is 53.4 Å². The van der Waals surface area contributed by atoms with Gasteiger partial charge in [-0.05, 0) is 23.8 Å². The lowest BCUT2D eigenvalue weighted by atomic mass is 10.1. The summed E-state index contributed by atoms with van der Waals surface area (Å²) in [4.78, 5) is 15.3. The topological polar surface area (TPSA) is 88.2 Å². The number of carbonyl (C=O) groups excluding carboxylic acids is 1. The molecule has 2 aromatic rings. The molecule has 1 saturated heterocycles. The average molecular weight is 476 g/mol. The molecule has 9 heteroatoms. The van der Waals surface area contributed by atoms with Crippen molar-refractivity contribution in [3.8, 4) is 5.75 Å². The van der Waals surface area contributed by atoms with E-state index in [1.54, 1.807) is 13.8 Å². The summed E-state index contributed by atoms with van der Waals surface area (Å²) in [6.07, 6.45) is -0.153. The zero-order chi connectivity index (χ0) is 23.8. The Balaban J connectivity index is 1.67. The summed E-state index contributed by atoms with van der Waals surface area (Å²) in [6, 6.07) is 14.6. The molecule has 1 aliphatic rings. The Morgan fingerprint density at radius 1 is 1.18 bits per heavy atom. The molecule has 2 aromatic carbocycles. The van der Waals surface area contributed by atoms with Crippen LogP contribution in [0.5, 0.6) is 5.75 Å². The SMILES string of the molecule is CCN(CC)S(=O)(=O)c1ccc(OC)c(C(=O)NCC2CN(Cc3ccccc3)CCO2)c1. The fourth-order valence-electron chi connectivity index (χ4n) is 3.93. The molecule has 1 heterocycles. The van der Waals surface area contributed by atoms with E-state index in [2.05, 4.69) is 22.3 Å². The molecule has 0 spiro atoms. The molecule has 0 bridgehead atoms. The van der Waals surface area contributed by atoms with Crippen molar-refractivity contribution in [3.63, 3.8) is 0 Å². The van der Waals surface area contributed by atoms with Gasteiger partial charge in [-0.25, -0.2) is 8.42 Å². The molecule has 1 unspecified atom stereocenters. The zero-order valence-electron chi connectivity index (χ0n) is 19.5. The number of sulfonamides is 1. The number of carbonyl (C=O) groups is 1. The quantitative estimate of drug-likeness (QED) is 0.568. The van der Waals surface area contributed by atoms with Gasteiger partial charge >= 0.3 is 0 Å². The van der Waals surface area contributed by atoms with Gasteiger partial charge in [-0.15, -0.1) is 0 Å². The van der Waals surface area contributed by atoms with Crippen LogP contribution >= 0.6 is 0 Å². The third kappa shape index (κ3) is 6.32. The Kier molecular flexibility index (Phi) is 8.85. The molecular formula is C24H33N3O5S. The van der Waals surface area contributed by atoms with Crippen LogP contribution in [0.4, 0.5) is 0 Å². The van der Waals surface area contributed by atoms with Crippen molar-refractivity contribution in [2.24, 2.45) is 0 Å². The summed E-state index contributed by atoms with van der Waals surface area (Å²) in [5.74, 6) is -0.0755. The molecule has 3 rings (SSSR count). The van der Waals surface area contributed by atoms with Gasteiger partial charge in [-0.3, -0.25) is 9.69 Å². The molecule has 1 atom stereocenters. The Hall–Kier alpha value is -2.46. The van der Waals surface area contributed by atoms with Crippen LogP contribution in [0.2, 0.25) is 0 Å². The molecule has 8 nitrogen and oxygen atoms in total. The number of amides is 1. The van der Waals surface area contributed by atoms with Crippen LogP contribution < -0.4 is 10.1 Å². The summed E-state index contributed by atoms with van der Waals surface area (Å²) >= 11 is 0. The molecule has 1 amide bonds. The van der Waals surface area contributed by atoms with Gasteiger partial charge in [-0.2, -0.15) is 4.31 Å².